The van der Waals surface area contributed by atoms with E-state index >= 15 is 0 Å². The predicted octanol–water partition coefficient (Wildman–Crippen LogP) is 9.06. The molecule has 7 aliphatic carbocycles. The van der Waals surface area contributed by atoms with Crippen molar-refractivity contribution >= 4 is 18.2 Å². The first-order chi connectivity index (χ1) is 22.1. The molecule has 0 spiro atoms. The first-order valence-corrected chi connectivity index (χ1v) is 17.5. The van der Waals surface area contributed by atoms with Crippen molar-refractivity contribution in [2.45, 2.75) is 77.2 Å². The van der Waals surface area contributed by atoms with Gasteiger partial charge in [-0.05, 0) is 115 Å². The molecule has 6 unspecified atom stereocenters. The standard InChI is InChI=1S/C43H44O2/c1-43(22-20-32(21-23-43)29-10-6-3-7-11-29)34-17-19-40-36(25-34)38-27-41-37(26-42(38)45-40)35-24-33(16-18-39(35)44-41)31-14-12-30(13-15-31)28-8-4-2-5-9-28/h4,6,8-12,14-16,18,20-22,26-27,30,33-34,38,42H,2-3,5,7,13,17,19,23-25H2,1H3. The summed E-state index contributed by atoms with van der Waals surface area (Å²) in [5.74, 6) is 4.16. The van der Waals surface area contributed by atoms with Crippen molar-refractivity contribution in [2.75, 3.05) is 0 Å². The topological polar surface area (TPSA) is 22.4 Å². The zero-order chi connectivity index (χ0) is 30.0. The second-order valence-corrected chi connectivity index (χ2v) is 14.7. The van der Waals surface area contributed by atoms with Gasteiger partial charge in [-0.25, -0.2) is 0 Å². The van der Waals surface area contributed by atoms with Crippen LogP contribution < -0.4 is 10.6 Å². The molecule has 0 amide bonds. The average molecular weight is 593 g/mol. The van der Waals surface area contributed by atoms with Gasteiger partial charge in [0, 0.05) is 35.0 Å². The van der Waals surface area contributed by atoms with Gasteiger partial charge in [0.15, 0.2) is 0 Å². The van der Waals surface area contributed by atoms with Gasteiger partial charge >= 0.3 is 0 Å². The fourth-order valence-corrected chi connectivity index (χ4v) is 9.11. The molecule has 0 fully saturated rings. The van der Waals surface area contributed by atoms with Gasteiger partial charge in [-0.2, -0.15) is 0 Å². The van der Waals surface area contributed by atoms with Crippen LogP contribution in [0.4, 0.5) is 0 Å². The van der Waals surface area contributed by atoms with E-state index in [1.165, 1.54) is 70.1 Å². The van der Waals surface area contributed by atoms with Gasteiger partial charge in [0.2, 0.25) is 0 Å². The molecule has 9 rings (SSSR count). The summed E-state index contributed by atoms with van der Waals surface area (Å²) in [6.45, 7) is 2.48. The molecular weight excluding hydrogens is 548 g/mol. The molecule has 6 atom stereocenters. The smallest absolute Gasteiger partial charge is 0.131 e. The van der Waals surface area contributed by atoms with E-state index in [2.05, 4.69) is 104 Å². The number of ether oxygens (including phenoxy) is 1. The lowest BCUT2D eigenvalue weighted by Crippen LogP contribution is -2.35. The highest BCUT2D eigenvalue weighted by atomic mass is 16.5. The Morgan fingerprint density at radius 1 is 0.778 bits per heavy atom. The summed E-state index contributed by atoms with van der Waals surface area (Å²) in [6.07, 6.45) is 49.5. The highest BCUT2D eigenvalue weighted by Gasteiger charge is 2.43. The number of hydrogen-bond donors (Lipinski definition) is 0. The molecule has 0 bridgehead atoms. The monoisotopic (exact) mass is 592 g/mol. The molecule has 45 heavy (non-hydrogen) atoms. The normalized spacial score (nSPS) is 34.3. The van der Waals surface area contributed by atoms with Crippen LogP contribution in [0, 0.1) is 29.1 Å². The fourth-order valence-electron chi connectivity index (χ4n) is 9.11. The molecule has 0 saturated heterocycles. The minimum absolute atomic E-state index is 0.102. The zero-order valence-corrected chi connectivity index (χ0v) is 26.5. The summed E-state index contributed by atoms with van der Waals surface area (Å²) in [4.78, 5) is 0. The van der Waals surface area contributed by atoms with Gasteiger partial charge in [-0.15, -0.1) is 0 Å². The van der Waals surface area contributed by atoms with Crippen molar-refractivity contribution in [3.8, 4) is 0 Å². The quantitative estimate of drug-likeness (QED) is 0.348. The Balaban J connectivity index is 0.913. The van der Waals surface area contributed by atoms with Crippen LogP contribution in [-0.2, 0) is 11.2 Å². The van der Waals surface area contributed by atoms with Crippen molar-refractivity contribution in [1.29, 1.82) is 0 Å². The van der Waals surface area contributed by atoms with Crippen molar-refractivity contribution in [1.82, 2.24) is 0 Å². The Hall–Kier alpha value is -3.78. The van der Waals surface area contributed by atoms with Crippen LogP contribution in [0.3, 0.4) is 0 Å². The number of allylic oxidation sites excluding steroid dienone is 18. The highest BCUT2D eigenvalue weighted by Crippen LogP contribution is 2.51. The molecule has 8 aliphatic rings. The van der Waals surface area contributed by atoms with E-state index in [1.54, 1.807) is 0 Å². The first-order valence-electron chi connectivity index (χ1n) is 17.5. The Kier molecular flexibility index (Phi) is 6.69. The van der Waals surface area contributed by atoms with E-state index in [9.17, 15) is 0 Å². The van der Waals surface area contributed by atoms with Crippen LogP contribution in [0.25, 0.3) is 18.2 Å². The summed E-state index contributed by atoms with van der Waals surface area (Å²) in [6, 6.07) is 0. The van der Waals surface area contributed by atoms with E-state index < -0.39 is 0 Å². The third-order valence-electron chi connectivity index (χ3n) is 11.9. The van der Waals surface area contributed by atoms with Crippen molar-refractivity contribution in [3.05, 3.63) is 135 Å². The molecule has 0 aromatic carbocycles. The Morgan fingerprint density at radius 3 is 2.40 bits per heavy atom. The SMILES string of the molecule is CC1(C2CCC3=C(C2)C2C=c4oc5c(c4=CC2O3)CC(C2=CCC(C3=CCCC=C3)C=C2)C=C5)C=CC(C2=CCCC=C2)=CC1. The molecule has 2 heteroatoms. The highest BCUT2D eigenvalue weighted by molar-refractivity contribution is 5.60. The van der Waals surface area contributed by atoms with E-state index in [-0.39, 0.29) is 11.5 Å². The number of hydrogen-bond acceptors (Lipinski definition) is 2. The molecular formula is C43H44O2. The predicted molar refractivity (Wildman–Crippen MR) is 184 cm³/mol. The summed E-state index contributed by atoms with van der Waals surface area (Å²) in [5, 5.41) is 1.28. The molecule has 0 saturated carbocycles. The Bertz CT molecular complexity index is 1870. The van der Waals surface area contributed by atoms with Crippen LogP contribution in [0.5, 0.6) is 0 Å². The maximum absolute atomic E-state index is 6.72. The van der Waals surface area contributed by atoms with Gasteiger partial charge in [-0.1, -0.05) is 85.9 Å². The minimum atomic E-state index is 0.102. The third-order valence-corrected chi connectivity index (χ3v) is 11.9. The zero-order valence-electron chi connectivity index (χ0n) is 26.5. The van der Waals surface area contributed by atoms with Crippen LogP contribution in [0.2, 0.25) is 0 Å². The average Bonchev–Trinajstić information content (AvgIpc) is 3.64. The molecule has 2 heterocycles. The van der Waals surface area contributed by atoms with Gasteiger partial charge in [0.1, 0.15) is 17.3 Å². The Labute approximate surface area is 267 Å². The van der Waals surface area contributed by atoms with Gasteiger partial charge in [-0.3, -0.25) is 0 Å². The number of rotatable bonds is 4. The van der Waals surface area contributed by atoms with E-state index in [0.717, 1.165) is 49.7 Å². The number of furan rings is 1. The van der Waals surface area contributed by atoms with Crippen molar-refractivity contribution < 1.29 is 9.15 Å². The lowest BCUT2D eigenvalue weighted by molar-refractivity contribution is 0.160. The van der Waals surface area contributed by atoms with Crippen LogP contribution >= 0.6 is 0 Å². The summed E-state index contributed by atoms with van der Waals surface area (Å²) in [5.41, 5.74) is 9.86. The van der Waals surface area contributed by atoms with Gasteiger partial charge < -0.3 is 9.15 Å². The molecule has 1 aromatic rings. The van der Waals surface area contributed by atoms with Gasteiger partial charge in [0.25, 0.3) is 0 Å². The van der Waals surface area contributed by atoms with E-state index in [0.29, 0.717) is 23.7 Å². The van der Waals surface area contributed by atoms with Crippen molar-refractivity contribution in [3.63, 3.8) is 0 Å². The summed E-state index contributed by atoms with van der Waals surface area (Å²) < 4.78 is 13.3. The lowest BCUT2D eigenvalue weighted by atomic mass is 9.64. The van der Waals surface area contributed by atoms with Crippen LogP contribution in [0.1, 0.15) is 76.0 Å². The van der Waals surface area contributed by atoms with Crippen molar-refractivity contribution in [2.24, 2.45) is 29.1 Å². The minimum Gasteiger partial charge on any atom is -0.490 e. The fraction of sp³-hybridized carbons (Fsp3) is 0.395. The van der Waals surface area contributed by atoms with E-state index in [1.807, 2.05) is 0 Å². The van der Waals surface area contributed by atoms with Gasteiger partial charge in [0.05, 0.1) is 5.76 Å². The second kappa shape index (κ2) is 10.9. The van der Waals surface area contributed by atoms with E-state index in [4.69, 9.17) is 9.15 Å². The molecule has 1 aliphatic heterocycles. The summed E-state index contributed by atoms with van der Waals surface area (Å²) >= 11 is 0. The molecule has 0 radical (unpaired) electrons. The first kappa shape index (κ1) is 27.5. The molecule has 2 nitrogen and oxygen atoms in total. The largest absolute Gasteiger partial charge is 0.490 e. The maximum atomic E-state index is 6.72. The number of fused-ring (bicyclic) bond motifs is 5. The third kappa shape index (κ3) is 4.84. The molecule has 0 N–H and O–H groups in total. The van der Waals surface area contributed by atoms with Crippen LogP contribution in [0.15, 0.2) is 117 Å². The molecule has 1 aromatic heterocycles. The Morgan fingerprint density at radius 2 is 1.62 bits per heavy atom. The van der Waals surface area contributed by atoms with Crippen LogP contribution in [-0.4, -0.2) is 6.10 Å². The summed E-state index contributed by atoms with van der Waals surface area (Å²) in [7, 11) is 0. The lowest BCUT2D eigenvalue weighted by Gasteiger charge is -2.39. The maximum Gasteiger partial charge on any atom is 0.131 e. The molecule has 228 valence electrons. The second-order valence-electron chi connectivity index (χ2n) is 14.7.